The number of benzene rings is 2. The topological polar surface area (TPSA) is 92.9 Å². The van der Waals surface area contributed by atoms with Crippen LogP contribution < -0.4 is 19.6 Å². The average molecular weight is 365 g/mol. The summed E-state index contributed by atoms with van der Waals surface area (Å²) in [6.45, 7) is 2.86. The summed E-state index contributed by atoms with van der Waals surface area (Å²) in [7, 11) is 0. The van der Waals surface area contributed by atoms with E-state index >= 15 is 0 Å². The van der Waals surface area contributed by atoms with E-state index in [1.165, 1.54) is 0 Å². The van der Waals surface area contributed by atoms with Crippen LogP contribution in [-0.2, 0) is 4.79 Å². The number of nitrogens with zero attached hydrogens (tertiary/aromatic N) is 2. The van der Waals surface area contributed by atoms with Crippen LogP contribution in [0.1, 0.15) is 24.5 Å². The molecule has 0 aliphatic carbocycles. The molecule has 1 aliphatic heterocycles. The number of rotatable bonds is 5. The molecule has 0 saturated heterocycles. The van der Waals surface area contributed by atoms with Gasteiger partial charge in [-0.2, -0.15) is 10.4 Å². The highest BCUT2D eigenvalue weighted by molar-refractivity contribution is 5.99. The van der Waals surface area contributed by atoms with Crippen LogP contribution >= 0.6 is 0 Å². The summed E-state index contributed by atoms with van der Waals surface area (Å²) in [5.74, 6) is 1.51. The van der Waals surface area contributed by atoms with Crippen molar-refractivity contribution in [2.75, 3.05) is 19.8 Å². The van der Waals surface area contributed by atoms with Crippen LogP contribution in [0.2, 0.25) is 0 Å². The molecule has 1 heterocycles. The highest BCUT2D eigenvalue weighted by atomic mass is 16.5. The Morgan fingerprint density at radius 3 is 2.67 bits per heavy atom. The summed E-state index contributed by atoms with van der Waals surface area (Å²) in [6, 6.07) is 14.1. The Kier molecular flexibility index (Phi) is 5.90. The lowest BCUT2D eigenvalue weighted by molar-refractivity contribution is -0.123. The minimum absolute atomic E-state index is 0.177. The second kappa shape index (κ2) is 8.72. The fourth-order valence-corrected chi connectivity index (χ4v) is 2.41. The number of ether oxygens (including phenoxy) is 3. The minimum atomic E-state index is -0.381. The van der Waals surface area contributed by atoms with Crippen molar-refractivity contribution < 1.29 is 19.0 Å². The van der Waals surface area contributed by atoms with Gasteiger partial charge in [-0.3, -0.25) is 4.79 Å². The molecule has 2 aromatic carbocycles. The predicted octanol–water partition coefficient (Wildman–Crippen LogP) is 2.64. The molecule has 0 bridgehead atoms. The van der Waals surface area contributed by atoms with Crippen LogP contribution in [0.4, 0.5) is 0 Å². The van der Waals surface area contributed by atoms with E-state index in [1.54, 1.807) is 31.2 Å². The normalized spacial score (nSPS) is 13.3. The van der Waals surface area contributed by atoms with Gasteiger partial charge >= 0.3 is 0 Å². The molecule has 0 radical (unpaired) electrons. The van der Waals surface area contributed by atoms with Crippen molar-refractivity contribution in [3.05, 3.63) is 53.6 Å². The number of hydrazone groups is 1. The molecular weight excluding hydrogens is 346 g/mol. The van der Waals surface area contributed by atoms with Gasteiger partial charge in [0, 0.05) is 12.0 Å². The molecule has 0 aromatic heterocycles. The Balaban J connectivity index is 1.55. The standard InChI is InChI=1S/C20H19N3O4/c1-14(16-5-8-18-19(11-16)26-10-2-9-25-18)22-23-20(24)13-27-17-6-3-15(12-21)4-7-17/h3-8,11H,2,9-10,13H2,1H3,(H,23,24)/b22-14-. The van der Waals surface area contributed by atoms with Crippen LogP contribution in [0.5, 0.6) is 17.2 Å². The van der Waals surface area contributed by atoms with E-state index in [0.29, 0.717) is 41.7 Å². The summed E-state index contributed by atoms with van der Waals surface area (Å²) in [5, 5.41) is 12.9. The Hall–Kier alpha value is -3.53. The molecule has 27 heavy (non-hydrogen) atoms. The molecule has 3 rings (SSSR count). The molecule has 0 fully saturated rings. The van der Waals surface area contributed by atoms with Gasteiger partial charge in [-0.1, -0.05) is 0 Å². The van der Waals surface area contributed by atoms with Crippen molar-refractivity contribution in [1.29, 1.82) is 5.26 Å². The third kappa shape index (κ3) is 4.98. The van der Waals surface area contributed by atoms with E-state index in [-0.39, 0.29) is 12.5 Å². The predicted molar refractivity (Wildman–Crippen MR) is 99.1 cm³/mol. The zero-order chi connectivity index (χ0) is 19.1. The summed E-state index contributed by atoms with van der Waals surface area (Å²) in [6.07, 6.45) is 0.840. The molecule has 7 nitrogen and oxygen atoms in total. The first-order valence-electron chi connectivity index (χ1n) is 8.52. The minimum Gasteiger partial charge on any atom is -0.490 e. The number of amides is 1. The zero-order valence-electron chi connectivity index (χ0n) is 14.9. The number of hydrogen-bond donors (Lipinski definition) is 1. The first kappa shape index (κ1) is 18.3. The van der Waals surface area contributed by atoms with Crippen molar-refractivity contribution in [3.8, 4) is 23.3 Å². The van der Waals surface area contributed by atoms with Crippen LogP contribution in [0.25, 0.3) is 0 Å². The molecule has 1 aliphatic rings. The summed E-state index contributed by atoms with van der Waals surface area (Å²) >= 11 is 0. The second-order valence-corrected chi connectivity index (χ2v) is 5.87. The largest absolute Gasteiger partial charge is 0.490 e. The fourth-order valence-electron chi connectivity index (χ4n) is 2.41. The van der Waals surface area contributed by atoms with E-state index in [2.05, 4.69) is 10.5 Å². The quantitative estimate of drug-likeness (QED) is 0.649. The lowest BCUT2D eigenvalue weighted by Crippen LogP contribution is -2.25. The van der Waals surface area contributed by atoms with Gasteiger partial charge in [-0.05, 0) is 49.4 Å². The third-order valence-corrected chi connectivity index (χ3v) is 3.87. The average Bonchev–Trinajstić information content (AvgIpc) is 2.95. The number of nitriles is 1. The molecule has 1 amide bonds. The van der Waals surface area contributed by atoms with Gasteiger partial charge < -0.3 is 14.2 Å². The Bertz CT molecular complexity index is 885. The van der Waals surface area contributed by atoms with Crippen LogP contribution in [-0.4, -0.2) is 31.4 Å². The highest BCUT2D eigenvalue weighted by Crippen LogP contribution is 2.30. The maximum atomic E-state index is 11.9. The number of carbonyl (C=O) groups excluding carboxylic acids is 1. The second-order valence-electron chi connectivity index (χ2n) is 5.87. The van der Waals surface area contributed by atoms with Crippen molar-refractivity contribution >= 4 is 11.6 Å². The van der Waals surface area contributed by atoms with Crippen molar-refractivity contribution in [2.45, 2.75) is 13.3 Å². The molecule has 0 spiro atoms. The van der Waals surface area contributed by atoms with E-state index in [0.717, 1.165) is 12.0 Å². The number of hydrogen-bond acceptors (Lipinski definition) is 6. The molecule has 2 aromatic rings. The lowest BCUT2D eigenvalue weighted by atomic mass is 10.1. The molecule has 0 unspecified atom stereocenters. The number of nitrogens with one attached hydrogen (secondary N) is 1. The van der Waals surface area contributed by atoms with E-state index < -0.39 is 0 Å². The van der Waals surface area contributed by atoms with Gasteiger partial charge in [-0.15, -0.1) is 0 Å². The van der Waals surface area contributed by atoms with Gasteiger partial charge in [0.25, 0.3) is 5.91 Å². The van der Waals surface area contributed by atoms with Crippen molar-refractivity contribution in [1.82, 2.24) is 5.43 Å². The van der Waals surface area contributed by atoms with E-state index in [9.17, 15) is 4.79 Å². The first-order valence-corrected chi connectivity index (χ1v) is 8.52. The zero-order valence-corrected chi connectivity index (χ0v) is 14.9. The Morgan fingerprint density at radius 2 is 1.93 bits per heavy atom. The SMILES string of the molecule is C/C(=N/NC(=O)COc1ccc(C#N)cc1)c1ccc2c(c1)OCCCO2. The van der Waals surface area contributed by atoms with Gasteiger partial charge in [0.1, 0.15) is 5.75 Å². The number of fused-ring (bicyclic) bond motifs is 1. The molecule has 0 atom stereocenters. The van der Waals surface area contributed by atoms with E-state index in [1.807, 2.05) is 24.3 Å². The third-order valence-electron chi connectivity index (χ3n) is 3.87. The smallest absolute Gasteiger partial charge is 0.277 e. The maximum Gasteiger partial charge on any atom is 0.277 e. The molecule has 1 N–H and O–H groups in total. The highest BCUT2D eigenvalue weighted by Gasteiger charge is 2.12. The van der Waals surface area contributed by atoms with Crippen molar-refractivity contribution in [2.24, 2.45) is 5.10 Å². The van der Waals surface area contributed by atoms with Crippen LogP contribution in [0.3, 0.4) is 0 Å². The Labute approximate surface area is 157 Å². The summed E-state index contributed by atoms with van der Waals surface area (Å²) in [4.78, 5) is 11.9. The summed E-state index contributed by atoms with van der Waals surface area (Å²) in [5.41, 5.74) is 4.46. The molecule has 7 heteroatoms. The molecule has 0 saturated carbocycles. The lowest BCUT2D eigenvalue weighted by Gasteiger charge is -2.09. The molecular formula is C20H19N3O4. The van der Waals surface area contributed by atoms with E-state index in [4.69, 9.17) is 19.5 Å². The van der Waals surface area contributed by atoms with Gasteiger partial charge in [0.2, 0.25) is 0 Å². The first-order chi connectivity index (χ1) is 13.2. The monoisotopic (exact) mass is 365 g/mol. The van der Waals surface area contributed by atoms with Gasteiger partial charge in [0.05, 0.1) is 30.6 Å². The van der Waals surface area contributed by atoms with Gasteiger partial charge in [-0.25, -0.2) is 5.43 Å². The summed E-state index contributed by atoms with van der Waals surface area (Å²) < 4.78 is 16.6. The Morgan fingerprint density at radius 1 is 1.19 bits per heavy atom. The number of carbonyl (C=O) groups is 1. The van der Waals surface area contributed by atoms with Crippen LogP contribution in [0, 0.1) is 11.3 Å². The molecule has 138 valence electrons. The van der Waals surface area contributed by atoms with Gasteiger partial charge in [0.15, 0.2) is 18.1 Å². The van der Waals surface area contributed by atoms with Crippen LogP contribution in [0.15, 0.2) is 47.6 Å². The van der Waals surface area contributed by atoms with Crippen molar-refractivity contribution in [3.63, 3.8) is 0 Å². The maximum absolute atomic E-state index is 11.9. The fraction of sp³-hybridized carbons (Fsp3) is 0.250.